The number of hydrogen-bond acceptors (Lipinski definition) is 3. The first kappa shape index (κ1) is 15.3. The molecule has 1 aliphatic heterocycles. The molecular weight excluding hydrogens is 292 g/mol. The van der Waals surface area contributed by atoms with Crippen LogP contribution in [-0.2, 0) is 0 Å². The number of benzene rings is 1. The van der Waals surface area contributed by atoms with Gasteiger partial charge in [0.1, 0.15) is 0 Å². The fourth-order valence-electron chi connectivity index (χ4n) is 2.56. The molecule has 0 bridgehead atoms. The predicted octanol–water partition coefficient (Wildman–Crippen LogP) is 3.05. The summed E-state index contributed by atoms with van der Waals surface area (Å²) < 4.78 is 1.17. The third-order valence-corrected chi connectivity index (χ3v) is 4.87. The molecule has 1 aromatic heterocycles. The lowest BCUT2D eigenvalue weighted by Crippen LogP contribution is -2.48. The van der Waals surface area contributed by atoms with Gasteiger partial charge in [-0.1, -0.05) is 25.1 Å². The van der Waals surface area contributed by atoms with E-state index in [-0.39, 0.29) is 18.3 Å². The summed E-state index contributed by atoms with van der Waals surface area (Å²) in [5, 5.41) is 7.68. The Kier molecular flexibility index (Phi) is 5.02. The van der Waals surface area contributed by atoms with Crippen LogP contribution in [0, 0.1) is 5.92 Å². The van der Waals surface area contributed by atoms with Crippen molar-refractivity contribution in [1.82, 2.24) is 10.6 Å². The molecule has 108 valence electrons. The zero-order valence-corrected chi connectivity index (χ0v) is 13.0. The van der Waals surface area contributed by atoms with Crippen molar-refractivity contribution in [1.29, 1.82) is 0 Å². The van der Waals surface area contributed by atoms with Crippen LogP contribution in [0.15, 0.2) is 30.3 Å². The van der Waals surface area contributed by atoms with Crippen molar-refractivity contribution in [2.45, 2.75) is 19.4 Å². The molecule has 1 amide bonds. The highest BCUT2D eigenvalue weighted by molar-refractivity contribution is 7.20. The van der Waals surface area contributed by atoms with Gasteiger partial charge in [-0.25, -0.2) is 0 Å². The maximum absolute atomic E-state index is 12.3. The van der Waals surface area contributed by atoms with Crippen LogP contribution in [0.5, 0.6) is 0 Å². The summed E-state index contributed by atoms with van der Waals surface area (Å²) in [6, 6.07) is 10.4. The first-order chi connectivity index (χ1) is 9.24. The van der Waals surface area contributed by atoms with Gasteiger partial charge in [0.15, 0.2) is 0 Å². The molecule has 0 spiro atoms. The molecule has 0 saturated carbocycles. The van der Waals surface area contributed by atoms with Crippen molar-refractivity contribution in [3.63, 3.8) is 0 Å². The Labute approximate surface area is 129 Å². The summed E-state index contributed by atoms with van der Waals surface area (Å²) in [5.41, 5.74) is 0. The monoisotopic (exact) mass is 310 g/mol. The Bertz CT molecular complexity index is 565. The second kappa shape index (κ2) is 6.57. The summed E-state index contributed by atoms with van der Waals surface area (Å²) in [4.78, 5) is 13.1. The number of rotatable bonds is 2. The summed E-state index contributed by atoms with van der Waals surface area (Å²) >= 11 is 1.57. The van der Waals surface area contributed by atoms with Gasteiger partial charge in [0.25, 0.3) is 5.91 Å². The molecule has 3 nitrogen and oxygen atoms in total. The molecule has 0 aliphatic carbocycles. The molecule has 1 fully saturated rings. The Morgan fingerprint density at radius 2 is 2.20 bits per heavy atom. The lowest BCUT2D eigenvalue weighted by molar-refractivity contribution is 0.0918. The van der Waals surface area contributed by atoms with E-state index >= 15 is 0 Å². The van der Waals surface area contributed by atoms with E-state index in [0.717, 1.165) is 29.8 Å². The van der Waals surface area contributed by atoms with Crippen LogP contribution in [0.25, 0.3) is 10.1 Å². The van der Waals surface area contributed by atoms with E-state index in [2.05, 4.69) is 29.7 Å². The molecule has 2 aromatic rings. The highest BCUT2D eigenvalue weighted by atomic mass is 35.5. The molecule has 0 radical (unpaired) electrons. The van der Waals surface area contributed by atoms with Gasteiger partial charge in [-0.05, 0) is 42.9 Å². The quantitative estimate of drug-likeness (QED) is 0.895. The van der Waals surface area contributed by atoms with Crippen molar-refractivity contribution in [2.75, 3.05) is 13.1 Å². The molecule has 20 heavy (non-hydrogen) atoms. The number of nitrogens with one attached hydrogen (secondary N) is 2. The Morgan fingerprint density at radius 3 is 2.95 bits per heavy atom. The van der Waals surface area contributed by atoms with Gasteiger partial charge >= 0.3 is 0 Å². The highest BCUT2D eigenvalue weighted by Gasteiger charge is 2.23. The molecule has 1 aliphatic rings. The number of carbonyl (C=O) groups excluding carboxylic acids is 1. The molecule has 2 atom stereocenters. The number of carbonyl (C=O) groups is 1. The minimum absolute atomic E-state index is 0. The van der Waals surface area contributed by atoms with Crippen LogP contribution in [-0.4, -0.2) is 25.0 Å². The average molecular weight is 311 g/mol. The molecule has 2 heterocycles. The number of piperidine rings is 1. The van der Waals surface area contributed by atoms with Crippen LogP contribution in [0.4, 0.5) is 0 Å². The third kappa shape index (κ3) is 3.14. The van der Waals surface area contributed by atoms with Gasteiger partial charge in [0.05, 0.1) is 4.88 Å². The van der Waals surface area contributed by atoms with Crippen molar-refractivity contribution in [2.24, 2.45) is 5.92 Å². The third-order valence-electron chi connectivity index (χ3n) is 3.75. The number of thiophene rings is 1. The summed E-state index contributed by atoms with van der Waals surface area (Å²) in [5.74, 6) is 0.562. The zero-order chi connectivity index (χ0) is 13.2. The number of halogens is 1. The normalized spacial score (nSPS) is 22.2. The summed E-state index contributed by atoms with van der Waals surface area (Å²) in [6.07, 6.45) is 1.01. The minimum Gasteiger partial charge on any atom is -0.348 e. The summed E-state index contributed by atoms with van der Waals surface area (Å²) in [6.45, 7) is 4.15. The van der Waals surface area contributed by atoms with E-state index in [1.54, 1.807) is 11.3 Å². The Balaban J connectivity index is 0.00000147. The van der Waals surface area contributed by atoms with Crippen LogP contribution >= 0.6 is 23.7 Å². The van der Waals surface area contributed by atoms with Crippen molar-refractivity contribution in [3.05, 3.63) is 35.2 Å². The molecular formula is C15H19ClN2OS. The minimum atomic E-state index is 0. The maximum Gasteiger partial charge on any atom is 0.261 e. The molecule has 1 saturated heterocycles. The topological polar surface area (TPSA) is 41.1 Å². The second-order valence-corrected chi connectivity index (χ2v) is 6.28. The Morgan fingerprint density at radius 1 is 1.40 bits per heavy atom. The van der Waals surface area contributed by atoms with E-state index in [4.69, 9.17) is 0 Å². The van der Waals surface area contributed by atoms with Gasteiger partial charge in [-0.2, -0.15) is 0 Å². The first-order valence-corrected chi connectivity index (χ1v) is 7.56. The summed E-state index contributed by atoms with van der Waals surface area (Å²) in [7, 11) is 0. The van der Waals surface area contributed by atoms with Crippen LogP contribution in [0.1, 0.15) is 23.0 Å². The van der Waals surface area contributed by atoms with E-state index in [9.17, 15) is 4.79 Å². The zero-order valence-electron chi connectivity index (χ0n) is 11.4. The van der Waals surface area contributed by atoms with Crippen LogP contribution in [0.3, 0.4) is 0 Å². The van der Waals surface area contributed by atoms with Gasteiger partial charge in [0.2, 0.25) is 0 Å². The van der Waals surface area contributed by atoms with Crippen LogP contribution in [0.2, 0.25) is 0 Å². The lowest BCUT2D eigenvalue weighted by atomic mass is 9.95. The van der Waals surface area contributed by atoms with E-state index in [1.165, 1.54) is 4.70 Å². The van der Waals surface area contributed by atoms with E-state index in [0.29, 0.717) is 12.0 Å². The van der Waals surface area contributed by atoms with E-state index in [1.807, 2.05) is 18.2 Å². The standard InChI is InChI=1S/C15H18N2OS.ClH/c1-10-9-16-7-6-12(10)17-15(18)14-8-11-4-2-3-5-13(11)19-14;/h2-5,8,10,12,16H,6-7,9H2,1H3,(H,17,18);1H. The van der Waals surface area contributed by atoms with Gasteiger partial charge in [-0.3, -0.25) is 4.79 Å². The first-order valence-electron chi connectivity index (χ1n) is 6.74. The van der Waals surface area contributed by atoms with Crippen molar-refractivity contribution >= 4 is 39.7 Å². The molecule has 2 unspecified atom stereocenters. The number of fused-ring (bicyclic) bond motifs is 1. The van der Waals surface area contributed by atoms with Gasteiger partial charge in [-0.15, -0.1) is 23.7 Å². The molecule has 2 N–H and O–H groups in total. The predicted molar refractivity (Wildman–Crippen MR) is 87.0 cm³/mol. The van der Waals surface area contributed by atoms with Crippen molar-refractivity contribution < 1.29 is 4.79 Å². The Hall–Kier alpha value is -1.10. The smallest absolute Gasteiger partial charge is 0.261 e. The maximum atomic E-state index is 12.3. The van der Waals surface area contributed by atoms with E-state index < -0.39 is 0 Å². The average Bonchev–Trinajstić information content (AvgIpc) is 2.85. The second-order valence-electron chi connectivity index (χ2n) is 5.20. The fraction of sp³-hybridized carbons (Fsp3) is 0.400. The highest BCUT2D eigenvalue weighted by Crippen LogP contribution is 2.25. The fourth-order valence-corrected chi connectivity index (χ4v) is 3.53. The van der Waals surface area contributed by atoms with Crippen molar-refractivity contribution in [3.8, 4) is 0 Å². The molecule has 3 rings (SSSR count). The molecule has 5 heteroatoms. The largest absolute Gasteiger partial charge is 0.348 e. The molecule has 1 aromatic carbocycles. The van der Waals surface area contributed by atoms with Gasteiger partial charge < -0.3 is 10.6 Å². The lowest BCUT2D eigenvalue weighted by Gasteiger charge is -2.30. The number of hydrogen-bond donors (Lipinski definition) is 2. The van der Waals surface area contributed by atoms with Gasteiger partial charge in [0, 0.05) is 10.7 Å². The van der Waals surface area contributed by atoms with Crippen LogP contribution < -0.4 is 10.6 Å². The SMILES string of the molecule is CC1CNCCC1NC(=O)c1cc2ccccc2s1.Cl. The number of amides is 1.